The van der Waals surface area contributed by atoms with E-state index in [1.807, 2.05) is 6.07 Å². The number of rotatable bonds is 2. The summed E-state index contributed by atoms with van der Waals surface area (Å²) < 4.78 is 0. The Morgan fingerprint density at radius 3 is 2.85 bits per heavy atom. The molecule has 2 heterocycles. The van der Waals surface area contributed by atoms with E-state index in [0.29, 0.717) is 12.1 Å². The zero-order valence-electron chi connectivity index (χ0n) is 11.2. The van der Waals surface area contributed by atoms with Gasteiger partial charge in [0.05, 0.1) is 11.6 Å². The number of nitrogens with zero attached hydrogens (tertiary/aromatic N) is 3. The van der Waals surface area contributed by atoms with Crippen LogP contribution in [0.4, 0.5) is 5.82 Å². The Kier molecular flexibility index (Phi) is 3.36. The van der Waals surface area contributed by atoms with Gasteiger partial charge in [0.25, 0.3) is 0 Å². The van der Waals surface area contributed by atoms with E-state index in [0.717, 1.165) is 18.8 Å². The van der Waals surface area contributed by atoms with E-state index in [1.54, 1.807) is 12.3 Å². The van der Waals surface area contributed by atoms with Crippen LogP contribution in [0.25, 0.3) is 0 Å². The fraction of sp³-hybridized carbons (Fsp3) is 0.250. The molecule has 1 unspecified atom stereocenters. The lowest BCUT2D eigenvalue weighted by Crippen LogP contribution is -2.39. The van der Waals surface area contributed by atoms with Crippen LogP contribution in [0, 0.1) is 11.3 Å². The van der Waals surface area contributed by atoms with Gasteiger partial charge in [0.2, 0.25) is 0 Å². The molecule has 1 aliphatic heterocycles. The van der Waals surface area contributed by atoms with Crippen molar-refractivity contribution in [3.05, 3.63) is 59.3 Å². The van der Waals surface area contributed by atoms with Crippen LogP contribution in [0.1, 0.15) is 22.7 Å². The number of hydrogen-bond donors (Lipinski definition) is 1. The number of nitriles is 1. The maximum Gasteiger partial charge on any atom is 0.129 e. The van der Waals surface area contributed by atoms with Gasteiger partial charge in [-0.3, -0.25) is 0 Å². The zero-order valence-corrected chi connectivity index (χ0v) is 11.2. The molecule has 4 heteroatoms. The molecule has 2 N–H and O–H groups in total. The number of hydrogen-bond acceptors (Lipinski definition) is 4. The first-order chi connectivity index (χ1) is 9.83. The van der Waals surface area contributed by atoms with E-state index < -0.39 is 0 Å². The summed E-state index contributed by atoms with van der Waals surface area (Å²) in [7, 11) is 0. The molecule has 1 aromatic carbocycles. The smallest absolute Gasteiger partial charge is 0.129 e. The Labute approximate surface area is 118 Å². The lowest BCUT2D eigenvalue weighted by atomic mass is 9.92. The van der Waals surface area contributed by atoms with Crippen molar-refractivity contribution in [2.24, 2.45) is 5.73 Å². The van der Waals surface area contributed by atoms with Crippen LogP contribution in [0.5, 0.6) is 0 Å². The highest BCUT2D eigenvalue weighted by Gasteiger charge is 2.26. The average Bonchev–Trinajstić information content (AvgIpc) is 2.54. The summed E-state index contributed by atoms with van der Waals surface area (Å²) in [4.78, 5) is 6.62. The Bertz CT molecular complexity index is 642. The van der Waals surface area contributed by atoms with Crippen LogP contribution >= 0.6 is 0 Å². The van der Waals surface area contributed by atoms with Crippen molar-refractivity contribution in [2.75, 3.05) is 18.0 Å². The minimum Gasteiger partial charge on any atom is -0.348 e. The highest BCUT2D eigenvalue weighted by atomic mass is 15.2. The van der Waals surface area contributed by atoms with Crippen LogP contribution in [0.3, 0.4) is 0 Å². The first-order valence-corrected chi connectivity index (χ1v) is 6.74. The monoisotopic (exact) mass is 264 g/mol. The number of benzene rings is 1. The summed E-state index contributed by atoms with van der Waals surface area (Å²) in [5.41, 5.74) is 9.21. The van der Waals surface area contributed by atoms with Crippen molar-refractivity contribution in [3.63, 3.8) is 0 Å². The molecule has 1 atom stereocenters. The van der Waals surface area contributed by atoms with Gasteiger partial charge in [-0.15, -0.1) is 0 Å². The summed E-state index contributed by atoms with van der Waals surface area (Å²) in [6.07, 6.45) is 2.61. The molecule has 0 amide bonds. The maximum atomic E-state index is 8.84. The standard InChI is InChI=1S/C16H16N4/c17-9-12-5-6-16(19-11-12)20-8-7-13-3-1-2-4-14(13)15(20)10-18/h1-6,11,15H,7-8,10,18H2. The molecule has 4 nitrogen and oxygen atoms in total. The van der Waals surface area contributed by atoms with Crippen molar-refractivity contribution in [2.45, 2.75) is 12.5 Å². The van der Waals surface area contributed by atoms with Gasteiger partial charge >= 0.3 is 0 Å². The Hall–Kier alpha value is -2.38. The van der Waals surface area contributed by atoms with Gasteiger partial charge in [-0.2, -0.15) is 5.26 Å². The Balaban J connectivity index is 1.96. The second-order valence-electron chi connectivity index (χ2n) is 4.91. The van der Waals surface area contributed by atoms with Crippen molar-refractivity contribution < 1.29 is 0 Å². The molecule has 1 aromatic heterocycles. The van der Waals surface area contributed by atoms with Crippen LogP contribution in [-0.2, 0) is 6.42 Å². The van der Waals surface area contributed by atoms with Gasteiger partial charge in [-0.1, -0.05) is 24.3 Å². The van der Waals surface area contributed by atoms with Crippen LogP contribution < -0.4 is 10.6 Å². The van der Waals surface area contributed by atoms with Gasteiger partial charge < -0.3 is 10.6 Å². The quantitative estimate of drug-likeness (QED) is 0.901. The zero-order chi connectivity index (χ0) is 13.9. The number of aromatic nitrogens is 1. The molecule has 0 fully saturated rings. The van der Waals surface area contributed by atoms with Crippen molar-refractivity contribution in [1.82, 2.24) is 4.98 Å². The molecular weight excluding hydrogens is 248 g/mol. The number of pyridine rings is 1. The van der Waals surface area contributed by atoms with Crippen LogP contribution in [0.2, 0.25) is 0 Å². The highest BCUT2D eigenvalue weighted by molar-refractivity contribution is 5.49. The average molecular weight is 264 g/mol. The molecule has 2 aromatic rings. The number of nitrogens with two attached hydrogens (primary N) is 1. The molecular formula is C16H16N4. The summed E-state index contributed by atoms with van der Waals surface area (Å²) in [5.74, 6) is 0.883. The number of fused-ring (bicyclic) bond motifs is 1. The molecule has 0 radical (unpaired) electrons. The highest BCUT2D eigenvalue weighted by Crippen LogP contribution is 2.31. The molecule has 0 saturated heterocycles. The Morgan fingerprint density at radius 2 is 2.15 bits per heavy atom. The molecule has 0 aliphatic carbocycles. The van der Waals surface area contributed by atoms with E-state index in [1.165, 1.54) is 11.1 Å². The maximum absolute atomic E-state index is 8.84. The minimum absolute atomic E-state index is 0.153. The lowest BCUT2D eigenvalue weighted by Gasteiger charge is -2.37. The van der Waals surface area contributed by atoms with E-state index in [-0.39, 0.29) is 6.04 Å². The first kappa shape index (κ1) is 12.6. The van der Waals surface area contributed by atoms with Gasteiger partial charge in [-0.25, -0.2) is 4.98 Å². The second kappa shape index (κ2) is 5.32. The van der Waals surface area contributed by atoms with Gasteiger partial charge in [0.15, 0.2) is 0 Å². The molecule has 100 valence electrons. The summed E-state index contributed by atoms with van der Waals surface area (Å²) in [6, 6.07) is 14.4. The fourth-order valence-electron chi connectivity index (χ4n) is 2.80. The molecule has 0 saturated carbocycles. The van der Waals surface area contributed by atoms with Gasteiger partial charge in [0, 0.05) is 19.3 Å². The van der Waals surface area contributed by atoms with Crippen LogP contribution in [-0.4, -0.2) is 18.1 Å². The van der Waals surface area contributed by atoms with E-state index in [2.05, 4.69) is 40.2 Å². The molecule has 0 bridgehead atoms. The summed E-state index contributed by atoms with van der Waals surface area (Å²) in [6.45, 7) is 1.45. The van der Waals surface area contributed by atoms with E-state index in [9.17, 15) is 0 Å². The fourth-order valence-corrected chi connectivity index (χ4v) is 2.80. The summed E-state index contributed by atoms with van der Waals surface area (Å²) in [5, 5.41) is 8.84. The SMILES string of the molecule is N#Cc1ccc(N2CCc3ccccc3C2CN)nc1. The predicted octanol–water partition coefficient (Wildman–Crippen LogP) is 2.02. The first-order valence-electron chi connectivity index (χ1n) is 6.74. The van der Waals surface area contributed by atoms with Gasteiger partial charge in [-0.05, 0) is 29.7 Å². The minimum atomic E-state index is 0.153. The second-order valence-corrected chi connectivity index (χ2v) is 4.91. The number of anilines is 1. The van der Waals surface area contributed by atoms with Crippen molar-refractivity contribution in [1.29, 1.82) is 5.26 Å². The lowest BCUT2D eigenvalue weighted by molar-refractivity contribution is 0.584. The van der Waals surface area contributed by atoms with Crippen LogP contribution in [0.15, 0.2) is 42.6 Å². The van der Waals surface area contributed by atoms with E-state index >= 15 is 0 Å². The third kappa shape index (κ3) is 2.13. The predicted molar refractivity (Wildman–Crippen MR) is 78.2 cm³/mol. The molecule has 0 spiro atoms. The third-order valence-electron chi connectivity index (χ3n) is 3.81. The Morgan fingerprint density at radius 1 is 1.30 bits per heavy atom. The van der Waals surface area contributed by atoms with Crippen molar-refractivity contribution >= 4 is 5.82 Å². The normalized spacial score (nSPS) is 17.4. The molecule has 3 rings (SSSR count). The largest absolute Gasteiger partial charge is 0.348 e. The van der Waals surface area contributed by atoms with Crippen molar-refractivity contribution in [3.8, 4) is 6.07 Å². The third-order valence-corrected chi connectivity index (χ3v) is 3.81. The van der Waals surface area contributed by atoms with E-state index in [4.69, 9.17) is 11.0 Å². The molecule has 1 aliphatic rings. The topological polar surface area (TPSA) is 65.9 Å². The van der Waals surface area contributed by atoms with Gasteiger partial charge in [0.1, 0.15) is 11.9 Å². The molecule has 20 heavy (non-hydrogen) atoms. The summed E-state index contributed by atoms with van der Waals surface area (Å²) >= 11 is 0.